The average Bonchev–Trinajstić information content (AvgIpc) is 2.53. The summed E-state index contributed by atoms with van der Waals surface area (Å²) in [6, 6.07) is 13.9. The van der Waals surface area contributed by atoms with Crippen molar-refractivity contribution < 1.29 is 18.3 Å². The Kier molecular flexibility index (Phi) is 5.56. The van der Waals surface area contributed by atoms with Gasteiger partial charge >= 0.3 is 5.97 Å². The van der Waals surface area contributed by atoms with Crippen LogP contribution in [0.4, 0.5) is 0 Å². The largest absolute Gasteiger partial charge is 0.480 e. The van der Waals surface area contributed by atoms with E-state index < -0.39 is 22.0 Å². The second kappa shape index (κ2) is 7.25. The van der Waals surface area contributed by atoms with Gasteiger partial charge in [0, 0.05) is 11.0 Å². The van der Waals surface area contributed by atoms with Crippen LogP contribution in [0.5, 0.6) is 0 Å². The highest BCUT2D eigenvalue weighted by atomic mass is 79.9. The Hall–Kier alpha value is -1.70. The van der Waals surface area contributed by atoms with E-state index in [9.17, 15) is 18.3 Å². The molecular formula is C16H16BrNO4S. The first-order valence-electron chi connectivity index (χ1n) is 6.86. The third kappa shape index (κ3) is 4.19. The number of benzene rings is 2. The van der Waals surface area contributed by atoms with Gasteiger partial charge in [-0.25, -0.2) is 8.42 Å². The summed E-state index contributed by atoms with van der Waals surface area (Å²) >= 11 is 3.25. The molecule has 0 fully saturated rings. The van der Waals surface area contributed by atoms with E-state index in [-0.39, 0.29) is 11.4 Å². The molecular weight excluding hydrogens is 382 g/mol. The lowest BCUT2D eigenvalue weighted by Crippen LogP contribution is -2.42. The van der Waals surface area contributed by atoms with Crippen molar-refractivity contribution in [3.05, 3.63) is 64.6 Å². The number of carboxylic acids is 1. The first-order valence-corrected chi connectivity index (χ1v) is 9.10. The molecule has 23 heavy (non-hydrogen) atoms. The van der Waals surface area contributed by atoms with Crippen LogP contribution in [0.25, 0.3) is 0 Å². The summed E-state index contributed by atoms with van der Waals surface area (Å²) in [4.78, 5) is 11.4. The molecule has 1 N–H and O–H groups in total. The van der Waals surface area contributed by atoms with E-state index in [0.717, 1.165) is 14.3 Å². The number of aliphatic carboxylic acids is 1. The molecule has 0 bridgehead atoms. The van der Waals surface area contributed by atoms with Crippen molar-refractivity contribution in [1.29, 1.82) is 0 Å². The second-order valence-electron chi connectivity index (χ2n) is 5.00. The van der Waals surface area contributed by atoms with Crippen molar-refractivity contribution in [1.82, 2.24) is 4.31 Å². The Labute approximate surface area is 143 Å². The molecule has 1 atom stereocenters. The van der Waals surface area contributed by atoms with Gasteiger partial charge in [0.2, 0.25) is 10.0 Å². The Morgan fingerprint density at radius 3 is 2.22 bits per heavy atom. The normalized spacial score (nSPS) is 13.0. The van der Waals surface area contributed by atoms with Crippen molar-refractivity contribution in [3.8, 4) is 0 Å². The number of nitrogens with zero attached hydrogens (tertiary/aromatic N) is 1. The molecule has 0 aliphatic heterocycles. The topological polar surface area (TPSA) is 74.7 Å². The average molecular weight is 398 g/mol. The van der Waals surface area contributed by atoms with Gasteiger partial charge in [0.05, 0.1) is 4.90 Å². The van der Waals surface area contributed by atoms with Crippen molar-refractivity contribution in [2.45, 2.75) is 24.4 Å². The second-order valence-corrected chi connectivity index (χ2v) is 7.81. The molecule has 7 heteroatoms. The molecule has 1 unspecified atom stereocenters. The lowest BCUT2D eigenvalue weighted by atomic mass is 10.2. The minimum absolute atomic E-state index is 0.00724. The zero-order valence-corrected chi connectivity index (χ0v) is 14.8. The van der Waals surface area contributed by atoms with Gasteiger partial charge in [0.15, 0.2) is 0 Å². The molecule has 0 amide bonds. The van der Waals surface area contributed by atoms with E-state index >= 15 is 0 Å². The summed E-state index contributed by atoms with van der Waals surface area (Å²) in [7, 11) is -3.93. The van der Waals surface area contributed by atoms with E-state index in [2.05, 4.69) is 15.9 Å². The maximum Gasteiger partial charge on any atom is 0.321 e. The number of halogens is 1. The zero-order chi connectivity index (χ0) is 17.0. The van der Waals surface area contributed by atoms with E-state index in [1.165, 1.54) is 19.1 Å². The number of hydrogen-bond acceptors (Lipinski definition) is 3. The smallest absolute Gasteiger partial charge is 0.321 e. The molecule has 2 aromatic rings. The van der Waals surface area contributed by atoms with Gasteiger partial charge < -0.3 is 5.11 Å². The van der Waals surface area contributed by atoms with Crippen molar-refractivity contribution >= 4 is 31.9 Å². The molecule has 0 aliphatic carbocycles. The Bertz CT molecular complexity index is 775. The van der Waals surface area contributed by atoms with E-state index in [4.69, 9.17) is 0 Å². The summed E-state index contributed by atoms with van der Waals surface area (Å²) in [5, 5.41) is 9.27. The molecule has 122 valence electrons. The van der Waals surface area contributed by atoms with Gasteiger partial charge in [-0.05, 0) is 36.8 Å². The summed E-state index contributed by atoms with van der Waals surface area (Å²) in [5.41, 5.74) is 0.723. The van der Waals surface area contributed by atoms with Crippen LogP contribution in [0.15, 0.2) is 64.0 Å². The molecule has 0 aliphatic rings. The predicted molar refractivity (Wildman–Crippen MR) is 90.4 cm³/mol. The molecule has 2 aromatic carbocycles. The molecule has 0 heterocycles. The van der Waals surface area contributed by atoms with Crippen LogP contribution < -0.4 is 0 Å². The molecule has 5 nitrogen and oxygen atoms in total. The van der Waals surface area contributed by atoms with Gasteiger partial charge in [-0.3, -0.25) is 4.79 Å². The van der Waals surface area contributed by atoms with E-state index in [1.807, 2.05) is 6.07 Å². The molecule has 0 aromatic heterocycles. The van der Waals surface area contributed by atoms with Gasteiger partial charge in [0.25, 0.3) is 0 Å². The first-order chi connectivity index (χ1) is 10.8. The fourth-order valence-corrected chi connectivity index (χ4v) is 3.90. The summed E-state index contributed by atoms with van der Waals surface area (Å²) < 4.78 is 27.4. The van der Waals surface area contributed by atoms with Crippen LogP contribution in [0.2, 0.25) is 0 Å². The maximum absolute atomic E-state index is 12.8. The quantitative estimate of drug-likeness (QED) is 0.812. The van der Waals surface area contributed by atoms with Crippen LogP contribution in [0.1, 0.15) is 12.5 Å². The lowest BCUT2D eigenvalue weighted by Gasteiger charge is -2.26. The third-order valence-corrected chi connectivity index (χ3v) is 5.85. The summed E-state index contributed by atoms with van der Waals surface area (Å²) in [6.45, 7) is 1.36. The molecule has 0 spiro atoms. The van der Waals surface area contributed by atoms with Crippen LogP contribution in [0, 0.1) is 0 Å². The Balaban J connectivity index is 2.43. The molecule has 2 rings (SSSR count). The highest BCUT2D eigenvalue weighted by Gasteiger charge is 2.33. The van der Waals surface area contributed by atoms with Gasteiger partial charge in [-0.2, -0.15) is 4.31 Å². The Morgan fingerprint density at radius 2 is 1.70 bits per heavy atom. The van der Waals surface area contributed by atoms with E-state index in [0.29, 0.717) is 0 Å². The van der Waals surface area contributed by atoms with Crippen molar-refractivity contribution in [3.63, 3.8) is 0 Å². The zero-order valence-electron chi connectivity index (χ0n) is 12.4. The molecule has 0 radical (unpaired) electrons. The third-order valence-electron chi connectivity index (χ3n) is 3.39. The summed E-state index contributed by atoms with van der Waals surface area (Å²) in [5.74, 6) is -1.19. The summed E-state index contributed by atoms with van der Waals surface area (Å²) in [6.07, 6.45) is 0. The predicted octanol–water partition coefficient (Wildman–Crippen LogP) is 3.11. The first kappa shape index (κ1) is 17.7. The number of hydrogen-bond donors (Lipinski definition) is 1. The minimum atomic E-state index is -3.93. The monoisotopic (exact) mass is 397 g/mol. The van der Waals surface area contributed by atoms with Crippen LogP contribution in [0.3, 0.4) is 0 Å². The SMILES string of the molecule is CC(C(=O)O)N(Cc1ccccc1)S(=O)(=O)c1ccc(Br)cc1. The standard InChI is InChI=1S/C16H16BrNO4S/c1-12(16(19)20)18(11-13-5-3-2-4-6-13)23(21,22)15-9-7-14(17)8-10-15/h2-10,12H,11H2,1H3,(H,19,20). The van der Waals surface area contributed by atoms with Crippen LogP contribution in [-0.2, 0) is 21.4 Å². The number of sulfonamides is 1. The van der Waals surface area contributed by atoms with Crippen LogP contribution >= 0.6 is 15.9 Å². The Morgan fingerprint density at radius 1 is 1.13 bits per heavy atom. The van der Waals surface area contributed by atoms with Crippen molar-refractivity contribution in [2.75, 3.05) is 0 Å². The minimum Gasteiger partial charge on any atom is -0.480 e. The van der Waals surface area contributed by atoms with Gasteiger partial charge in [0.1, 0.15) is 6.04 Å². The molecule has 0 saturated heterocycles. The van der Waals surface area contributed by atoms with Crippen molar-refractivity contribution in [2.24, 2.45) is 0 Å². The van der Waals surface area contributed by atoms with Crippen LogP contribution in [-0.4, -0.2) is 29.8 Å². The highest BCUT2D eigenvalue weighted by molar-refractivity contribution is 9.10. The highest BCUT2D eigenvalue weighted by Crippen LogP contribution is 2.23. The van der Waals surface area contributed by atoms with Gasteiger partial charge in [-0.1, -0.05) is 46.3 Å². The van der Waals surface area contributed by atoms with E-state index in [1.54, 1.807) is 36.4 Å². The fraction of sp³-hybridized carbons (Fsp3) is 0.188. The lowest BCUT2D eigenvalue weighted by molar-refractivity contribution is -0.141. The maximum atomic E-state index is 12.8. The number of carboxylic acid groups (broad SMARTS) is 1. The number of rotatable bonds is 6. The fourth-order valence-electron chi connectivity index (χ4n) is 2.06. The van der Waals surface area contributed by atoms with Gasteiger partial charge in [-0.15, -0.1) is 0 Å². The number of carbonyl (C=O) groups is 1. The molecule has 0 saturated carbocycles.